The van der Waals surface area contributed by atoms with Crippen LogP contribution in [0.1, 0.15) is 38.7 Å². The van der Waals surface area contributed by atoms with Gasteiger partial charge in [0.1, 0.15) is 0 Å². The summed E-state index contributed by atoms with van der Waals surface area (Å²) in [5.74, 6) is 1.25. The van der Waals surface area contributed by atoms with Gasteiger partial charge in [0.15, 0.2) is 0 Å². The van der Waals surface area contributed by atoms with Gasteiger partial charge in [0.05, 0.1) is 11.5 Å². The van der Waals surface area contributed by atoms with Crippen LogP contribution in [0.5, 0.6) is 0 Å². The molecule has 2 N–H and O–H groups in total. The molecule has 0 aliphatic carbocycles. The minimum Gasteiger partial charge on any atom is -0.387 e. The third-order valence-electron chi connectivity index (χ3n) is 2.19. The fourth-order valence-corrected chi connectivity index (χ4v) is 1.18. The number of nitrogens with zero attached hydrogens (tertiary/aromatic N) is 1. The van der Waals surface area contributed by atoms with Crippen LogP contribution in [0, 0.1) is 0 Å². The van der Waals surface area contributed by atoms with Gasteiger partial charge in [-0.3, -0.25) is 0 Å². The van der Waals surface area contributed by atoms with E-state index in [0.29, 0.717) is 11.8 Å². The van der Waals surface area contributed by atoms with E-state index in [4.69, 9.17) is 5.73 Å². The molecule has 1 rings (SSSR count). The van der Waals surface area contributed by atoms with Gasteiger partial charge < -0.3 is 5.73 Å². The molecule has 0 aliphatic rings. The first-order chi connectivity index (χ1) is 6.63. The van der Waals surface area contributed by atoms with E-state index in [1.54, 1.807) is 0 Å². The van der Waals surface area contributed by atoms with Crippen LogP contribution in [0.15, 0.2) is 29.3 Å². The van der Waals surface area contributed by atoms with Crippen molar-refractivity contribution in [2.24, 2.45) is 10.7 Å². The highest BCUT2D eigenvalue weighted by atomic mass is 14.8. The van der Waals surface area contributed by atoms with Gasteiger partial charge >= 0.3 is 0 Å². The Morgan fingerprint density at radius 1 is 1.29 bits per heavy atom. The van der Waals surface area contributed by atoms with Crippen LogP contribution in [-0.4, -0.2) is 5.84 Å². The Balaban J connectivity index is 2.84. The molecule has 0 heterocycles. The molecule has 0 saturated carbocycles. The number of hydrogen-bond acceptors (Lipinski definition) is 1. The van der Waals surface area contributed by atoms with E-state index in [0.717, 1.165) is 12.1 Å². The molecule has 0 saturated heterocycles. The van der Waals surface area contributed by atoms with Crippen LogP contribution < -0.4 is 5.73 Å². The summed E-state index contributed by atoms with van der Waals surface area (Å²) in [5.41, 5.74) is 7.92. The predicted octanol–water partition coefficient (Wildman–Crippen LogP) is 3.21. The Bertz CT molecular complexity index is 310. The zero-order chi connectivity index (χ0) is 10.6. The van der Waals surface area contributed by atoms with Crippen molar-refractivity contribution in [3.05, 3.63) is 29.8 Å². The van der Waals surface area contributed by atoms with Gasteiger partial charge in [0.2, 0.25) is 0 Å². The van der Waals surface area contributed by atoms with Crippen molar-refractivity contribution in [1.82, 2.24) is 0 Å². The van der Waals surface area contributed by atoms with Crippen LogP contribution in [0.3, 0.4) is 0 Å². The fraction of sp³-hybridized carbons (Fsp3) is 0.417. The van der Waals surface area contributed by atoms with Gasteiger partial charge in [0.25, 0.3) is 0 Å². The summed E-state index contributed by atoms with van der Waals surface area (Å²) in [4.78, 5) is 4.27. The van der Waals surface area contributed by atoms with E-state index in [-0.39, 0.29) is 0 Å². The number of aliphatic imine (C=N–C) groups is 1. The maximum Gasteiger partial charge on any atom is 0.0993 e. The number of amidine groups is 1. The quantitative estimate of drug-likeness (QED) is 0.577. The Hall–Kier alpha value is -1.31. The second-order valence-corrected chi connectivity index (χ2v) is 3.70. The van der Waals surface area contributed by atoms with E-state index in [2.05, 4.69) is 31.0 Å². The average Bonchev–Trinajstić information content (AvgIpc) is 2.18. The Morgan fingerprint density at radius 2 is 1.86 bits per heavy atom. The minimum atomic E-state index is 0.566. The molecule has 0 bridgehead atoms. The molecule has 0 amide bonds. The number of benzene rings is 1. The van der Waals surface area contributed by atoms with Crippen molar-refractivity contribution in [2.45, 2.75) is 33.1 Å². The summed E-state index contributed by atoms with van der Waals surface area (Å²) in [7, 11) is 0. The Morgan fingerprint density at radius 3 is 2.29 bits per heavy atom. The lowest BCUT2D eigenvalue weighted by molar-refractivity contribution is 0.867. The van der Waals surface area contributed by atoms with Gasteiger partial charge in [-0.15, -0.1) is 0 Å². The molecule has 0 radical (unpaired) electrons. The standard InChI is InChI=1S/C12H18N2/c1-4-12(13)14-11-7-5-10(6-8-11)9(2)3/h5-9H,4H2,1-3H3,(H2,13,14). The molecule has 0 aromatic heterocycles. The van der Waals surface area contributed by atoms with E-state index < -0.39 is 0 Å². The number of rotatable bonds is 3. The van der Waals surface area contributed by atoms with Gasteiger partial charge in [-0.05, 0) is 23.6 Å². The zero-order valence-corrected chi connectivity index (χ0v) is 9.12. The van der Waals surface area contributed by atoms with Crippen molar-refractivity contribution in [2.75, 3.05) is 0 Å². The highest BCUT2D eigenvalue weighted by Gasteiger charge is 1.98. The van der Waals surface area contributed by atoms with Crippen LogP contribution >= 0.6 is 0 Å². The monoisotopic (exact) mass is 190 g/mol. The molecule has 0 fully saturated rings. The third-order valence-corrected chi connectivity index (χ3v) is 2.19. The second-order valence-electron chi connectivity index (χ2n) is 3.70. The molecular weight excluding hydrogens is 172 g/mol. The molecule has 0 spiro atoms. The van der Waals surface area contributed by atoms with E-state index in [1.807, 2.05) is 19.1 Å². The summed E-state index contributed by atoms with van der Waals surface area (Å²) in [6.07, 6.45) is 0.798. The van der Waals surface area contributed by atoms with Crippen LogP contribution in [-0.2, 0) is 0 Å². The molecule has 0 aliphatic heterocycles. The first-order valence-corrected chi connectivity index (χ1v) is 5.06. The van der Waals surface area contributed by atoms with Crippen molar-refractivity contribution in [3.8, 4) is 0 Å². The van der Waals surface area contributed by atoms with Gasteiger partial charge in [0, 0.05) is 6.42 Å². The molecule has 2 nitrogen and oxygen atoms in total. The molecule has 2 heteroatoms. The van der Waals surface area contributed by atoms with Gasteiger partial charge in [-0.25, -0.2) is 4.99 Å². The molecule has 0 unspecified atom stereocenters. The Kier molecular flexibility index (Phi) is 3.69. The fourth-order valence-electron chi connectivity index (χ4n) is 1.18. The SMILES string of the molecule is CCC(N)=Nc1ccc(C(C)C)cc1. The lowest BCUT2D eigenvalue weighted by Gasteiger charge is -2.04. The van der Waals surface area contributed by atoms with Crippen molar-refractivity contribution in [1.29, 1.82) is 0 Å². The van der Waals surface area contributed by atoms with Crippen molar-refractivity contribution < 1.29 is 0 Å². The summed E-state index contributed by atoms with van der Waals surface area (Å²) in [5, 5.41) is 0. The van der Waals surface area contributed by atoms with Gasteiger partial charge in [-0.1, -0.05) is 32.9 Å². The molecule has 1 aromatic carbocycles. The van der Waals surface area contributed by atoms with Crippen LogP contribution in [0.2, 0.25) is 0 Å². The zero-order valence-electron chi connectivity index (χ0n) is 9.12. The maximum absolute atomic E-state index is 5.65. The summed E-state index contributed by atoms with van der Waals surface area (Å²) in [6.45, 7) is 6.36. The summed E-state index contributed by atoms with van der Waals surface area (Å²) in [6, 6.07) is 8.23. The largest absolute Gasteiger partial charge is 0.387 e. The minimum absolute atomic E-state index is 0.566. The molecular formula is C12H18N2. The first-order valence-electron chi connectivity index (χ1n) is 5.06. The van der Waals surface area contributed by atoms with E-state index >= 15 is 0 Å². The summed E-state index contributed by atoms with van der Waals surface area (Å²) >= 11 is 0. The molecule has 0 atom stereocenters. The van der Waals surface area contributed by atoms with Crippen LogP contribution in [0.4, 0.5) is 5.69 Å². The van der Waals surface area contributed by atoms with Crippen molar-refractivity contribution >= 4 is 11.5 Å². The second kappa shape index (κ2) is 4.80. The highest BCUT2D eigenvalue weighted by Crippen LogP contribution is 2.18. The first kappa shape index (κ1) is 10.8. The lowest BCUT2D eigenvalue weighted by Crippen LogP contribution is -2.08. The average molecular weight is 190 g/mol. The number of hydrogen-bond donors (Lipinski definition) is 1. The molecule has 76 valence electrons. The molecule has 14 heavy (non-hydrogen) atoms. The predicted molar refractivity (Wildman–Crippen MR) is 62.1 cm³/mol. The van der Waals surface area contributed by atoms with E-state index in [1.165, 1.54) is 5.56 Å². The maximum atomic E-state index is 5.65. The Labute approximate surface area is 85.9 Å². The third kappa shape index (κ3) is 2.87. The van der Waals surface area contributed by atoms with Gasteiger partial charge in [-0.2, -0.15) is 0 Å². The summed E-state index contributed by atoms with van der Waals surface area (Å²) < 4.78 is 0. The highest BCUT2D eigenvalue weighted by molar-refractivity contribution is 5.82. The normalized spacial score (nSPS) is 12.1. The topological polar surface area (TPSA) is 38.4 Å². The van der Waals surface area contributed by atoms with Crippen molar-refractivity contribution in [3.63, 3.8) is 0 Å². The molecule has 1 aromatic rings. The van der Waals surface area contributed by atoms with E-state index in [9.17, 15) is 0 Å². The lowest BCUT2D eigenvalue weighted by atomic mass is 10.0. The number of nitrogens with two attached hydrogens (primary N) is 1. The van der Waals surface area contributed by atoms with Crippen LogP contribution in [0.25, 0.3) is 0 Å². The smallest absolute Gasteiger partial charge is 0.0993 e.